The summed E-state index contributed by atoms with van der Waals surface area (Å²) in [5.41, 5.74) is 5.10. The number of nitrogens with one attached hydrogen (secondary N) is 1. The molecule has 0 spiro atoms. The van der Waals surface area contributed by atoms with Gasteiger partial charge >= 0.3 is 5.69 Å². The second kappa shape index (κ2) is 7.67. The van der Waals surface area contributed by atoms with Gasteiger partial charge in [0.2, 0.25) is 0 Å². The molecule has 2 aromatic heterocycles. The van der Waals surface area contributed by atoms with Crippen molar-refractivity contribution < 1.29 is 9.59 Å². The smallest absolute Gasteiger partial charge is 0.322 e. The first-order valence-electron chi connectivity index (χ1n) is 10.8. The van der Waals surface area contributed by atoms with E-state index in [-0.39, 0.29) is 23.9 Å². The Hall–Kier alpha value is -4.78. The largest absolute Gasteiger partial charge is 0.350 e. The van der Waals surface area contributed by atoms with Gasteiger partial charge in [0.05, 0.1) is 6.54 Å². The van der Waals surface area contributed by atoms with E-state index in [0.717, 1.165) is 16.7 Å². The fourth-order valence-corrected chi connectivity index (χ4v) is 4.36. The predicted octanol–water partition coefficient (Wildman–Crippen LogP) is 4.01. The lowest BCUT2D eigenvalue weighted by Crippen LogP contribution is -2.21. The van der Waals surface area contributed by atoms with Crippen LogP contribution in [0.3, 0.4) is 0 Å². The number of nitrogens with zero attached hydrogens (tertiary/aromatic N) is 3. The second-order valence-electron chi connectivity index (χ2n) is 8.16. The molecule has 7 nitrogen and oxygen atoms in total. The average molecular weight is 446 g/mol. The number of pyridine rings is 1. The van der Waals surface area contributed by atoms with Crippen molar-refractivity contribution in [3.8, 4) is 11.1 Å². The summed E-state index contributed by atoms with van der Waals surface area (Å²) < 4.78 is 2.87. The minimum absolute atomic E-state index is 0.0693. The van der Waals surface area contributed by atoms with Gasteiger partial charge in [0, 0.05) is 28.6 Å². The van der Waals surface area contributed by atoms with Gasteiger partial charge in [0.25, 0.3) is 5.91 Å². The van der Waals surface area contributed by atoms with Gasteiger partial charge in [-0.25, -0.2) is 9.48 Å². The maximum absolute atomic E-state index is 12.9. The number of carbonyl (C=O) groups is 2. The third-order valence-corrected chi connectivity index (χ3v) is 5.99. The van der Waals surface area contributed by atoms with Crippen molar-refractivity contribution in [1.29, 1.82) is 0 Å². The monoisotopic (exact) mass is 446 g/mol. The van der Waals surface area contributed by atoms with Crippen LogP contribution in [0.2, 0.25) is 0 Å². The van der Waals surface area contributed by atoms with Crippen LogP contribution >= 0.6 is 0 Å². The Kier molecular flexibility index (Phi) is 4.48. The standard InChI is InChI=1S/C27H18N4O3/c32-25-22-9-2-1-8-20(22)21-12-11-18(15-23(21)25)26(33)28-19-7-5-6-17(14-19)16-31-27(34)30-13-4-3-10-24(30)29-31/h1-15H,16H2,(H,28,33). The average Bonchev–Trinajstić information content (AvgIpc) is 3.33. The quantitative estimate of drug-likeness (QED) is 0.443. The molecule has 0 saturated carbocycles. The van der Waals surface area contributed by atoms with E-state index < -0.39 is 0 Å². The number of amides is 1. The van der Waals surface area contributed by atoms with Crippen molar-refractivity contribution >= 4 is 23.0 Å². The first-order valence-corrected chi connectivity index (χ1v) is 10.8. The van der Waals surface area contributed by atoms with Crippen LogP contribution in [0.15, 0.2) is 95.9 Å². The van der Waals surface area contributed by atoms with E-state index in [1.54, 1.807) is 42.6 Å². The molecule has 164 valence electrons. The van der Waals surface area contributed by atoms with E-state index in [9.17, 15) is 14.4 Å². The molecule has 0 atom stereocenters. The summed E-state index contributed by atoms with van der Waals surface area (Å²) in [7, 11) is 0. The van der Waals surface area contributed by atoms with Crippen LogP contribution in [-0.2, 0) is 6.54 Å². The van der Waals surface area contributed by atoms with Crippen LogP contribution in [0, 0.1) is 0 Å². The van der Waals surface area contributed by atoms with E-state index in [4.69, 9.17) is 0 Å². The number of aromatic nitrogens is 3. The molecular formula is C27H18N4O3. The Bertz CT molecular complexity index is 1680. The molecule has 0 fully saturated rings. The van der Waals surface area contributed by atoms with Gasteiger partial charge in [-0.1, -0.05) is 48.5 Å². The van der Waals surface area contributed by atoms with Gasteiger partial charge in [0.1, 0.15) is 0 Å². The Balaban J connectivity index is 1.24. The minimum atomic E-state index is -0.311. The second-order valence-corrected chi connectivity index (χ2v) is 8.16. The van der Waals surface area contributed by atoms with Crippen molar-refractivity contribution in [2.24, 2.45) is 0 Å². The first-order chi connectivity index (χ1) is 16.6. The number of hydrogen-bond donors (Lipinski definition) is 1. The van der Waals surface area contributed by atoms with Crippen LogP contribution in [0.4, 0.5) is 5.69 Å². The molecule has 0 unspecified atom stereocenters. The van der Waals surface area contributed by atoms with E-state index in [1.807, 2.05) is 48.5 Å². The topological polar surface area (TPSA) is 85.5 Å². The number of ketones is 1. The number of benzene rings is 3. The van der Waals surface area contributed by atoms with Crippen molar-refractivity contribution in [3.05, 3.63) is 124 Å². The Morgan fingerprint density at radius 3 is 2.44 bits per heavy atom. The van der Waals surface area contributed by atoms with E-state index in [2.05, 4.69) is 10.4 Å². The molecule has 0 bridgehead atoms. The molecule has 0 radical (unpaired) electrons. The fourth-order valence-electron chi connectivity index (χ4n) is 4.36. The van der Waals surface area contributed by atoms with Crippen LogP contribution < -0.4 is 11.0 Å². The molecule has 1 aliphatic rings. The van der Waals surface area contributed by atoms with Gasteiger partial charge in [-0.05, 0) is 53.1 Å². The number of rotatable bonds is 4. The minimum Gasteiger partial charge on any atom is -0.322 e. The van der Waals surface area contributed by atoms with Gasteiger partial charge < -0.3 is 5.32 Å². The lowest BCUT2D eigenvalue weighted by molar-refractivity contribution is 0.102. The number of anilines is 1. The van der Waals surface area contributed by atoms with Crippen LogP contribution in [-0.4, -0.2) is 25.9 Å². The first kappa shape index (κ1) is 19.9. The van der Waals surface area contributed by atoms with Crippen LogP contribution in [0.1, 0.15) is 31.8 Å². The van der Waals surface area contributed by atoms with Crippen molar-refractivity contribution in [2.75, 3.05) is 5.32 Å². The lowest BCUT2D eigenvalue weighted by Gasteiger charge is -2.09. The summed E-state index contributed by atoms with van der Waals surface area (Å²) in [6, 6.07) is 25.3. The summed E-state index contributed by atoms with van der Waals surface area (Å²) in [5, 5.41) is 7.24. The molecular weight excluding hydrogens is 428 g/mol. The molecule has 34 heavy (non-hydrogen) atoms. The highest BCUT2D eigenvalue weighted by Crippen LogP contribution is 2.36. The summed E-state index contributed by atoms with van der Waals surface area (Å²) >= 11 is 0. The van der Waals surface area contributed by atoms with Crippen molar-refractivity contribution in [2.45, 2.75) is 6.54 Å². The summed E-state index contributed by atoms with van der Waals surface area (Å²) in [6.07, 6.45) is 1.68. The fraction of sp³-hybridized carbons (Fsp3) is 0.0370. The third kappa shape index (κ3) is 3.22. The summed E-state index contributed by atoms with van der Waals surface area (Å²) in [5.74, 6) is -0.381. The summed E-state index contributed by atoms with van der Waals surface area (Å²) in [4.78, 5) is 38.3. The van der Waals surface area contributed by atoms with Crippen LogP contribution in [0.5, 0.6) is 0 Å². The zero-order chi connectivity index (χ0) is 23.2. The molecule has 1 amide bonds. The zero-order valence-corrected chi connectivity index (χ0v) is 17.9. The maximum Gasteiger partial charge on any atom is 0.350 e. The molecule has 2 heterocycles. The highest BCUT2D eigenvalue weighted by Gasteiger charge is 2.27. The molecule has 6 rings (SSSR count). The van der Waals surface area contributed by atoms with E-state index in [0.29, 0.717) is 28.0 Å². The maximum atomic E-state index is 12.9. The Morgan fingerprint density at radius 2 is 1.59 bits per heavy atom. The van der Waals surface area contributed by atoms with E-state index in [1.165, 1.54) is 9.08 Å². The zero-order valence-electron chi connectivity index (χ0n) is 17.9. The molecule has 1 aliphatic carbocycles. The molecule has 7 heteroatoms. The van der Waals surface area contributed by atoms with Gasteiger partial charge in [-0.2, -0.15) is 0 Å². The summed E-state index contributed by atoms with van der Waals surface area (Å²) in [6.45, 7) is 0.274. The SMILES string of the molecule is O=C(Nc1cccc(Cn2nc3ccccn3c2=O)c1)c1ccc2c(c1)C(=O)c1ccccc1-2. The van der Waals surface area contributed by atoms with Gasteiger partial charge in [-0.15, -0.1) is 5.10 Å². The lowest BCUT2D eigenvalue weighted by atomic mass is 10.0. The highest BCUT2D eigenvalue weighted by atomic mass is 16.2. The third-order valence-electron chi connectivity index (χ3n) is 5.99. The normalized spacial score (nSPS) is 11.9. The molecule has 5 aromatic rings. The number of fused-ring (bicyclic) bond motifs is 4. The van der Waals surface area contributed by atoms with Gasteiger partial charge in [0.15, 0.2) is 11.4 Å². The molecule has 3 aromatic carbocycles. The molecule has 0 aliphatic heterocycles. The Morgan fingerprint density at radius 1 is 0.794 bits per heavy atom. The predicted molar refractivity (Wildman–Crippen MR) is 128 cm³/mol. The number of hydrogen-bond acceptors (Lipinski definition) is 4. The highest BCUT2D eigenvalue weighted by molar-refractivity contribution is 6.22. The van der Waals surface area contributed by atoms with E-state index >= 15 is 0 Å². The number of carbonyl (C=O) groups excluding carboxylic acids is 2. The van der Waals surface area contributed by atoms with Crippen LogP contribution in [0.25, 0.3) is 16.8 Å². The van der Waals surface area contributed by atoms with Gasteiger partial charge in [-0.3, -0.25) is 14.0 Å². The Labute approximate surface area is 193 Å². The van der Waals surface area contributed by atoms with Crippen molar-refractivity contribution in [3.63, 3.8) is 0 Å². The molecule has 0 saturated heterocycles. The van der Waals surface area contributed by atoms with Crippen molar-refractivity contribution in [1.82, 2.24) is 14.2 Å². The molecule has 1 N–H and O–H groups in total.